The number of hydrogen-bond donors (Lipinski definition) is 0. The van der Waals surface area contributed by atoms with Crippen LogP contribution < -0.4 is 0 Å². The van der Waals surface area contributed by atoms with Crippen LogP contribution in [0.2, 0.25) is 0 Å². The zero-order valence-electron chi connectivity index (χ0n) is 10.8. The first-order valence-electron chi connectivity index (χ1n) is 6.06. The average Bonchev–Trinajstić information content (AvgIpc) is 3.24. The van der Waals surface area contributed by atoms with Gasteiger partial charge in [-0.1, -0.05) is 17.3 Å². The molecule has 106 valence electrons. The van der Waals surface area contributed by atoms with Crippen LogP contribution in [-0.4, -0.2) is 16.1 Å². The lowest BCUT2D eigenvalue weighted by Gasteiger charge is -1.95. The molecule has 0 saturated heterocycles. The van der Waals surface area contributed by atoms with Gasteiger partial charge in [-0.05, 0) is 29.0 Å². The van der Waals surface area contributed by atoms with Gasteiger partial charge in [-0.25, -0.2) is 4.79 Å². The number of thiophene rings is 2. The summed E-state index contributed by atoms with van der Waals surface area (Å²) in [5, 5.41) is 7.71. The summed E-state index contributed by atoms with van der Waals surface area (Å²) in [6.07, 6.45) is 3.08. The van der Waals surface area contributed by atoms with Crippen molar-refractivity contribution >= 4 is 34.7 Å². The molecule has 0 aliphatic heterocycles. The zero-order chi connectivity index (χ0) is 14.5. The zero-order valence-corrected chi connectivity index (χ0v) is 12.4. The van der Waals surface area contributed by atoms with Gasteiger partial charge in [0.05, 0.1) is 4.88 Å². The minimum atomic E-state index is -0.445. The lowest BCUT2D eigenvalue weighted by atomic mass is 10.4. The third-order valence-electron chi connectivity index (χ3n) is 2.47. The molecule has 0 aliphatic carbocycles. The maximum atomic E-state index is 11.6. The highest BCUT2D eigenvalue weighted by atomic mass is 32.1. The van der Waals surface area contributed by atoms with E-state index < -0.39 is 5.97 Å². The van der Waals surface area contributed by atoms with E-state index in [0.29, 0.717) is 5.82 Å². The molecule has 0 spiro atoms. The summed E-state index contributed by atoms with van der Waals surface area (Å²) >= 11 is 3.06. The van der Waals surface area contributed by atoms with E-state index in [2.05, 4.69) is 10.1 Å². The Hall–Kier alpha value is -2.25. The molecule has 0 radical (unpaired) electrons. The number of ether oxygens (including phenoxy) is 1. The predicted molar refractivity (Wildman–Crippen MR) is 80.8 cm³/mol. The van der Waals surface area contributed by atoms with Gasteiger partial charge in [0.25, 0.3) is 5.89 Å². The Morgan fingerprint density at radius 1 is 1.29 bits per heavy atom. The topological polar surface area (TPSA) is 65.2 Å². The molecule has 3 aromatic rings. The molecule has 0 N–H and O–H groups in total. The van der Waals surface area contributed by atoms with Crippen LogP contribution in [0.25, 0.3) is 16.8 Å². The van der Waals surface area contributed by atoms with Crippen molar-refractivity contribution in [3.63, 3.8) is 0 Å². The van der Waals surface area contributed by atoms with Crippen LogP contribution in [0.15, 0.2) is 45.6 Å². The maximum absolute atomic E-state index is 11.6. The van der Waals surface area contributed by atoms with Crippen molar-refractivity contribution in [2.24, 2.45) is 0 Å². The number of nitrogens with zero attached hydrogens (tertiary/aromatic N) is 2. The quantitative estimate of drug-likeness (QED) is 0.531. The van der Waals surface area contributed by atoms with Crippen molar-refractivity contribution in [3.8, 4) is 10.7 Å². The summed E-state index contributed by atoms with van der Waals surface area (Å²) in [7, 11) is 0. The van der Waals surface area contributed by atoms with E-state index in [1.165, 1.54) is 17.4 Å². The van der Waals surface area contributed by atoms with Gasteiger partial charge in [0.15, 0.2) is 6.61 Å². The fourth-order valence-corrected chi connectivity index (χ4v) is 2.80. The van der Waals surface area contributed by atoms with E-state index in [1.807, 2.05) is 35.0 Å². The van der Waals surface area contributed by atoms with E-state index in [0.717, 1.165) is 9.75 Å². The van der Waals surface area contributed by atoms with Crippen molar-refractivity contribution < 1.29 is 14.1 Å². The van der Waals surface area contributed by atoms with E-state index >= 15 is 0 Å². The van der Waals surface area contributed by atoms with Gasteiger partial charge in [0, 0.05) is 11.0 Å². The maximum Gasteiger partial charge on any atom is 0.331 e. The fourth-order valence-electron chi connectivity index (χ4n) is 1.54. The molecule has 0 aromatic carbocycles. The van der Waals surface area contributed by atoms with Crippen LogP contribution in [-0.2, 0) is 16.1 Å². The monoisotopic (exact) mass is 318 g/mol. The molecule has 0 bridgehead atoms. The first-order valence-corrected chi connectivity index (χ1v) is 7.82. The van der Waals surface area contributed by atoms with Crippen molar-refractivity contribution in [3.05, 3.63) is 51.9 Å². The predicted octanol–water partition coefficient (Wildman–Crippen LogP) is 3.62. The Morgan fingerprint density at radius 3 is 2.90 bits per heavy atom. The first-order chi connectivity index (χ1) is 10.3. The minimum absolute atomic E-state index is 0.0357. The second-order valence-electron chi connectivity index (χ2n) is 3.95. The SMILES string of the molecule is O=C(/C=C/c1cccs1)OCc1nc(-c2cccs2)no1. The summed E-state index contributed by atoms with van der Waals surface area (Å²) in [6, 6.07) is 7.64. The van der Waals surface area contributed by atoms with Gasteiger partial charge in [0.2, 0.25) is 5.82 Å². The highest BCUT2D eigenvalue weighted by Crippen LogP contribution is 2.21. The number of carbonyl (C=O) groups is 1. The van der Waals surface area contributed by atoms with Gasteiger partial charge in [-0.3, -0.25) is 0 Å². The molecule has 0 amide bonds. The minimum Gasteiger partial charge on any atom is -0.452 e. The van der Waals surface area contributed by atoms with Crippen LogP contribution >= 0.6 is 22.7 Å². The van der Waals surface area contributed by atoms with Crippen molar-refractivity contribution in [1.82, 2.24) is 10.1 Å². The van der Waals surface area contributed by atoms with E-state index in [-0.39, 0.29) is 12.5 Å². The number of esters is 1. The summed E-state index contributed by atoms with van der Waals surface area (Å²) in [6.45, 7) is -0.0357. The van der Waals surface area contributed by atoms with Crippen LogP contribution in [0.1, 0.15) is 10.8 Å². The Morgan fingerprint density at radius 2 is 2.14 bits per heavy atom. The first kappa shape index (κ1) is 13.7. The largest absolute Gasteiger partial charge is 0.452 e. The molecule has 3 rings (SSSR count). The molecule has 3 heterocycles. The van der Waals surface area contributed by atoms with Crippen molar-refractivity contribution in [2.75, 3.05) is 0 Å². The second kappa shape index (κ2) is 6.47. The van der Waals surface area contributed by atoms with Crippen molar-refractivity contribution in [2.45, 2.75) is 6.61 Å². The second-order valence-corrected chi connectivity index (χ2v) is 5.87. The molecule has 0 fully saturated rings. The normalized spacial score (nSPS) is 11.0. The van der Waals surface area contributed by atoms with Crippen LogP contribution in [0.3, 0.4) is 0 Å². The molecule has 0 aliphatic rings. The molecular formula is C14H10N2O3S2. The summed E-state index contributed by atoms with van der Waals surface area (Å²) in [4.78, 5) is 17.6. The third-order valence-corrected chi connectivity index (χ3v) is 4.18. The lowest BCUT2D eigenvalue weighted by Crippen LogP contribution is -2.00. The summed E-state index contributed by atoms with van der Waals surface area (Å²) in [5.41, 5.74) is 0. The smallest absolute Gasteiger partial charge is 0.331 e. The van der Waals surface area contributed by atoms with Gasteiger partial charge < -0.3 is 9.26 Å². The van der Waals surface area contributed by atoms with Gasteiger partial charge in [0.1, 0.15) is 0 Å². The molecular weight excluding hydrogens is 308 g/mol. The summed E-state index contributed by atoms with van der Waals surface area (Å²) < 4.78 is 10.1. The van der Waals surface area contributed by atoms with Gasteiger partial charge in [-0.15, -0.1) is 22.7 Å². The molecule has 0 saturated carbocycles. The van der Waals surface area contributed by atoms with E-state index in [4.69, 9.17) is 9.26 Å². The van der Waals surface area contributed by atoms with E-state index in [1.54, 1.807) is 17.4 Å². The van der Waals surface area contributed by atoms with Crippen LogP contribution in [0.4, 0.5) is 0 Å². The highest BCUT2D eigenvalue weighted by molar-refractivity contribution is 7.13. The molecule has 3 aromatic heterocycles. The Bertz CT molecular complexity index is 730. The number of aromatic nitrogens is 2. The average molecular weight is 318 g/mol. The molecule has 21 heavy (non-hydrogen) atoms. The third kappa shape index (κ3) is 3.65. The van der Waals surface area contributed by atoms with E-state index in [9.17, 15) is 4.79 Å². The van der Waals surface area contributed by atoms with Gasteiger partial charge in [-0.2, -0.15) is 4.98 Å². The molecule has 7 heteroatoms. The summed E-state index contributed by atoms with van der Waals surface area (Å²) in [5.74, 6) is 0.334. The number of hydrogen-bond acceptors (Lipinski definition) is 7. The van der Waals surface area contributed by atoms with Gasteiger partial charge >= 0.3 is 5.97 Å². The van der Waals surface area contributed by atoms with Crippen LogP contribution in [0.5, 0.6) is 0 Å². The van der Waals surface area contributed by atoms with Crippen LogP contribution in [0, 0.1) is 0 Å². The highest BCUT2D eigenvalue weighted by Gasteiger charge is 2.10. The number of rotatable bonds is 5. The molecule has 0 unspecified atom stereocenters. The Labute approximate surface area is 128 Å². The Kier molecular flexibility index (Phi) is 4.23. The standard InChI is InChI=1S/C14H10N2O3S2/c17-13(6-5-10-3-1-7-20-10)18-9-12-15-14(16-19-12)11-4-2-8-21-11/h1-8H,9H2/b6-5+. The van der Waals surface area contributed by atoms with Crippen molar-refractivity contribution in [1.29, 1.82) is 0 Å². The number of carbonyl (C=O) groups excluding carboxylic acids is 1. The Balaban J connectivity index is 1.54. The lowest BCUT2D eigenvalue weighted by molar-refractivity contribution is -0.139. The molecule has 5 nitrogen and oxygen atoms in total. The molecule has 0 atom stereocenters. The fraction of sp³-hybridized carbons (Fsp3) is 0.0714.